The Kier molecular flexibility index (Phi) is 3.36. The van der Waals surface area contributed by atoms with E-state index in [9.17, 15) is 0 Å². The monoisotopic (exact) mass is 281 g/mol. The molecule has 0 aliphatic rings. The molecule has 1 atom stereocenters. The first-order valence-corrected chi connectivity index (χ1v) is 6.34. The second kappa shape index (κ2) is 4.60. The van der Waals surface area contributed by atoms with Crippen molar-refractivity contribution in [2.75, 3.05) is 6.54 Å². The van der Waals surface area contributed by atoms with Gasteiger partial charge < -0.3 is 9.73 Å². The molecule has 16 heavy (non-hydrogen) atoms. The number of benzene rings is 1. The van der Waals surface area contributed by atoms with Crippen LogP contribution in [0.1, 0.15) is 31.2 Å². The highest BCUT2D eigenvalue weighted by molar-refractivity contribution is 9.10. The zero-order chi connectivity index (χ0) is 11.7. The summed E-state index contributed by atoms with van der Waals surface area (Å²) in [5, 5.41) is 4.51. The van der Waals surface area contributed by atoms with Gasteiger partial charge in [0.25, 0.3) is 0 Å². The zero-order valence-corrected chi connectivity index (χ0v) is 11.4. The molecule has 0 fully saturated rings. The number of halogens is 1. The number of nitrogens with one attached hydrogen (secondary N) is 1. The van der Waals surface area contributed by atoms with Crippen LogP contribution < -0.4 is 5.32 Å². The molecular formula is C13H16BrNO. The lowest BCUT2D eigenvalue weighted by Gasteiger charge is -2.07. The minimum atomic E-state index is 0.253. The van der Waals surface area contributed by atoms with E-state index < -0.39 is 0 Å². The van der Waals surface area contributed by atoms with Gasteiger partial charge in [0.2, 0.25) is 0 Å². The van der Waals surface area contributed by atoms with Crippen molar-refractivity contribution >= 4 is 26.9 Å². The van der Waals surface area contributed by atoms with Gasteiger partial charge in [-0.2, -0.15) is 0 Å². The Bertz CT molecular complexity index is 465. The summed E-state index contributed by atoms with van der Waals surface area (Å²) < 4.78 is 6.99. The molecule has 2 rings (SSSR count). The van der Waals surface area contributed by atoms with E-state index in [1.165, 1.54) is 5.56 Å². The fourth-order valence-corrected chi connectivity index (χ4v) is 2.29. The molecule has 1 aromatic heterocycles. The summed E-state index contributed by atoms with van der Waals surface area (Å²) in [6.07, 6.45) is 0. The Hall–Kier alpha value is -0.800. The number of hydrogen-bond acceptors (Lipinski definition) is 2. The maximum Gasteiger partial charge on any atom is 0.138 e. The molecule has 0 radical (unpaired) electrons. The molecule has 0 spiro atoms. The van der Waals surface area contributed by atoms with Crippen LogP contribution in [0.3, 0.4) is 0 Å². The Balaban J connectivity index is 2.51. The number of hydrogen-bond donors (Lipinski definition) is 1. The fourth-order valence-electron chi connectivity index (χ4n) is 1.86. The molecule has 0 aliphatic heterocycles. The summed E-state index contributed by atoms with van der Waals surface area (Å²) in [5.41, 5.74) is 2.15. The molecule has 2 nitrogen and oxygen atoms in total. The van der Waals surface area contributed by atoms with Crippen LogP contribution in [0, 0.1) is 6.92 Å². The SMILES string of the molecule is CCNC(C)c1cc2c(Br)ccc(C)c2o1. The topological polar surface area (TPSA) is 25.2 Å². The summed E-state index contributed by atoms with van der Waals surface area (Å²) in [4.78, 5) is 0. The third-order valence-electron chi connectivity index (χ3n) is 2.78. The summed E-state index contributed by atoms with van der Waals surface area (Å²) in [6.45, 7) is 7.23. The first-order valence-electron chi connectivity index (χ1n) is 5.55. The van der Waals surface area contributed by atoms with Gasteiger partial charge in [0.1, 0.15) is 11.3 Å². The number of aryl methyl sites for hydroxylation is 1. The van der Waals surface area contributed by atoms with Crippen molar-refractivity contribution in [2.45, 2.75) is 26.8 Å². The molecule has 1 unspecified atom stereocenters. The zero-order valence-electron chi connectivity index (χ0n) is 9.80. The van der Waals surface area contributed by atoms with Crippen LogP contribution in [0.2, 0.25) is 0 Å². The largest absolute Gasteiger partial charge is 0.459 e. The van der Waals surface area contributed by atoms with Gasteiger partial charge in [-0.05, 0) is 38.1 Å². The molecule has 1 N–H and O–H groups in total. The Morgan fingerprint density at radius 2 is 2.19 bits per heavy atom. The maximum absolute atomic E-state index is 5.90. The van der Waals surface area contributed by atoms with E-state index in [1.807, 2.05) is 0 Å². The molecule has 1 heterocycles. The van der Waals surface area contributed by atoms with E-state index in [-0.39, 0.29) is 6.04 Å². The van der Waals surface area contributed by atoms with Crippen molar-refractivity contribution in [1.82, 2.24) is 5.32 Å². The Morgan fingerprint density at radius 3 is 2.81 bits per heavy atom. The van der Waals surface area contributed by atoms with Gasteiger partial charge in [-0.15, -0.1) is 0 Å². The van der Waals surface area contributed by atoms with E-state index in [2.05, 4.69) is 60.2 Å². The highest BCUT2D eigenvalue weighted by Gasteiger charge is 2.13. The lowest BCUT2D eigenvalue weighted by molar-refractivity contribution is 0.458. The van der Waals surface area contributed by atoms with Crippen molar-refractivity contribution in [3.8, 4) is 0 Å². The highest BCUT2D eigenvalue weighted by atomic mass is 79.9. The van der Waals surface area contributed by atoms with Crippen LogP contribution in [0.25, 0.3) is 11.0 Å². The molecule has 0 saturated carbocycles. The molecule has 0 amide bonds. The third-order valence-corrected chi connectivity index (χ3v) is 3.47. The van der Waals surface area contributed by atoms with E-state index >= 15 is 0 Å². The van der Waals surface area contributed by atoms with Crippen molar-refractivity contribution in [1.29, 1.82) is 0 Å². The minimum Gasteiger partial charge on any atom is -0.459 e. The molecule has 3 heteroatoms. The standard InChI is InChI=1S/C13H16BrNO/c1-4-15-9(3)12-7-10-11(14)6-5-8(2)13(10)16-12/h5-7,9,15H,4H2,1-3H3. The Labute approximate surface area is 104 Å². The van der Waals surface area contributed by atoms with Crippen LogP contribution in [0.15, 0.2) is 27.1 Å². The molecule has 1 aromatic carbocycles. The average Bonchev–Trinajstić information content (AvgIpc) is 2.70. The van der Waals surface area contributed by atoms with E-state index in [0.717, 1.165) is 27.7 Å². The van der Waals surface area contributed by atoms with Crippen LogP contribution in [-0.2, 0) is 0 Å². The van der Waals surface area contributed by atoms with Gasteiger partial charge in [-0.3, -0.25) is 0 Å². The molecule has 2 aromatic rings. The summed E-state index contributed by atoms with van der Waals surface area (Å²) in [5.74, 6) is 0.992. The molecule has 0 aliphatic carbocycles. The van der Waals surface area contributed by atoms with E-state index in [0.29, 0.717) is 0 Å². The second-order valence-electron chi connectivity index (χ2n) is 4.04. The van der Waals surface area contributed by atoms with Gasteiger partial charge in [0, 0.05) is 9.86 Å². The van der Waals surface area contributed by atoms with Gasteiger partial charge in [-0.25, -0.2) is 0 Å². The summed E-state index contributed by atoms with van der Waals surface area (Å²) in [7, 11) is 0. The summed E-state index contributed by atoms with van der Waals surface area (Å²) in [6, 6.07) is 6.50. The predicted molar refractivity (Wildman–Crippen MR) is 70.7 cm³/mol. The fraction of sp³-hybridized carbons (Fsp3) is 0.385. The van der Waals surface area contributed by atoms with Crippen molar-refractivity contribution in [2.24, 2.45) is 0 Å². The minimum absolute atomic E-state index is 0.253. The third kappa shape index (κ3) is 2.02. The molecule has 0 saturated heterocycles. The maximum atomic E-state index is 5.90. The Morgan fingerprint density at radius 1 is 1.44 bits per heavy atom. The average molecular weight is 282 g/mol. The highest BCUT2D eigenvalue weighted by Crippen LogP contribution is 2.31. The molecule has 0 bridgehead atoms. The normalized spacial score (nSPS) is 13.2. The van der Waals surface area contributed by atoms with Crippen LogP contribution in [0.4, 0.5) is 0 Å². The quantitative estimate of drug-likeness (QED) is 0.913. The van der Waals surface area contributed by atoms with Crippen molar-refractivity contribution in [3.63, 3.8) is 0 Å². The number of rotatable bonds is 3. The summed E-state index contributed by atoms with van der Waals surface area (Å²) >= 11 is 3.55. The van der Waals surface area contributed by atoms with Gasteiger partial charge in [0.15, 0.2) is 0 Å². The van der Waals surface area contributed by atoms with Gasteiger partial charge in [-0.1, -0.05) is 28.9 Å². The van der Waals surface area contributed by atoms with Gasteiger partial charge >= 0.3 is 0 Å². The van der Waals surface area contributed by atoms with E-state index in [4.69, 9.17) is 4.42 Å². The lowest BCUT2D eigenvalue weighted by atomic mass is 10.1. The van der Waals surface area contributed by atoms with Crippen LogP contribution in [-0.4, -0.2) is 6.54 Å². The first-order chi connectivity index (χ1) is 7.63. The van der Waals surface area contributed by atoms with Crippen molar-refractivity contribution < 1.29 is 4.42 Å². The predicted octanol–water partition coefficient (Wildman–Crippen LogP) is 4.17. The number of fused-ring (bicyclic) bond motifs is 1. The van der Waals surface area contributed by atoms with Crippen LogP contribution in [0.5, 0.6) is 0 Å². The second-order valence-corrected chi connectivity index (χ2v) is 4.89. The van der Waals surface area contributed by atoms with Gasteiger partial charge in [0.05, 0.1) is 6.04 Å². The van der Waals surface area contributed by atoms with Crippen molar-refractivity contribution in [3.05, 3.63) is 34.0 Å². The smallest absolute Gasteiger partial charge is 0.138 e. The first kappa shape index (κ1) is 11.7. The number of furan rings is 1. The van der Waals surface area contributed by atoms with E-state index in [1.54, 1.807) is 0 Å². The lowest BCUT2D eigenvalue weighted by Crippen LogP contribution is -2.16. The molecule has 86 valence electrons. The molecular weight excluding hydrogens is 266 g/mol. The van der Waals surface area contributed by atoms with Crippen LogP contribution >= 0.6 is 15.9 Å².